The molecule has 0 saturated carbocycles. The molecule has 0 fully saturated rings. The summed E-state index contributed by atoms with van der Waals surface area (Å²) in [6.07, 6.45) is 10.4. The number of fused-ring (bicyclic) bond motifs is 2. The van der Waals surface area contributed by atoms with Gasteiger partial charge in [-0.3, -0.25) is 0 Å². The van der Waals surface area contributed by atoms with Crippen LogP contribution in [0.15, 0.2) is 130 Å². The summed E-state index contributed by atoms with van der Waals surface area (Å²) in [5.74, 6) is 0.417. The maximum Gasteiger partial charge on any atom is 0.227 e. The lowest BCUT2D eigenvalue weighted by molar-refractivity contribution is 0.422. The molecule has 2 aromatic carbocycles. The standard InChI is InChI=1S/C38H22N8O2S2/c1-2-6-22-21(5-1)9-10-27(43-22)36-32-28(23-7-3-13-39-23)29(24-11-17-48-45-24)34(38-42-16-20-49-38)33(37-41-15-18-47-37)31(32)30(25-12-19-50-46-25)35(44-36)26-8-4-14-40-26/h1-20,39-40H. The Bertz CT molecular complexity index is 2740. The normalized spacial score (nSPS) is 11.6. The summed E-state index contributed by atoms with van der Waals surface area (Å²) < 4.78 is 16.6. The summed E-state index contributed by atoms with van der Waals surface area (Å²) in [6.45, 7) is 0. The van der Waals surface area contributed by atoms with Crippen molar-refractivity contribution in [3.8, 4) is 78.6 Å². The minimum atomic E-state index is 0.417. The van der Waals surface area contributed by atoms with Crippen LogP contribution in [0.25, 0.3) is 100 Å². The van der Waals surface area contributed by atoms with Gasteiger partial charge in [0.05, 0.1) is 45.7 Å². The second kappa shape index (κ2) is 11.6. The fourth-order valence-electron chi connectivity index (χ4n) is 6.70. The van der Waals surface area contributed by atoms with E-state index in [0.717, 1.165) is 71.6 Å². The molecule has 10 aromatic rings. The molecule has 0 amide bonds. The number of nitrogens with zero attached hydrogens (tertiary/aromatic N) is 6. The van der Waals surface area contributed by atoms with Crippen LogP contribution < -0.4 is 0 Å². The van der Waals surface area contributed by atoms with E-state index in [1.807, 2.05) is 83.8 Å². The van der Waals surface area contributed by atoms with E-state index < -0.39 is 0 Å². The van der Waals surface area contributed by atoms with Gasteiger partial charge in [-0.15, -0.1) is 11.3 Å². The first-order chi connectivity index (χ1) is 24.8. The van der Waals surface area contributed by atoms with Crippen molar-refractivity contribution in [2.45, 2.75) is 0 Å². The average Bonchev–Trinajstić information content (AvgIpc) is 4.02. The number of hydrogen-bond acceptors (Lipinski definition) is 10. The summed E-state index contributed by atoms with van der Waals surface area (Å²) in [4.78, 5) is 27.3. The van der Waals surface area contributed by atoms with Gasteiger partial charge in [0.25, 0.3) is 0 Å². The van der Waals surface area contributed by atoms with Gasteiger partial charge in [-0.2, -0.15) is 4.37 Å². The molecule has 0 aliphatic carbocycles. The number of nitrogens with one attached hydrogen (secondary N) is 2. The van der Waals surface area contributed by atoms with E-state index in [0.29, 0.717) is 28.7 Å². The molecule has 0 aliphatic rings. The maximum absolute atomic E-state index is 6.23. The molecule has 0 radical (unpaired) electrons. The third-order valence-electron chi connectivity index (χ3n) is 8.69. The van der Waals surface area contributed by atoms with Gasteiger partial charge >= 0.3 is 0 Å². The van der Waals surface area contributed by atoms with Crippen molar-refractivity contribution in [2.75, 3.05) is 0 Å². The van der Waals surface area contributed by atoms with Crippen molar-refractivity contribution < 1.29 is 8.94 Å². The van der Waals surface area contributed by atoms with Gasteiger partial charge in [0.1, 0.15) is 23.2 Å². The number of aromatic nitrogens is 8. The summed E-state index contributed by atoms with van der Waals surface area (Å²) in [7, 11) is 0. The smallest absolute Gasteiger partial charge is 0.227 e. The van der Waals surface area contributed by atoms with Crippen LogP contribution in [-0.4, -0.2) is 39.4 Å². The molecular weight excluding hydrogens is 665 g/mol. The van der Waals surface area contributed by atoms with Crippen LogP contribution in [0, 0.1) is 0 Å². The van der Waals surface area contributed by atoms with Crippen LogP contribution in [0.5, 0.6) is 0 Å². The molecule has 0 bridgehead atoms. The lowest BCUT2D eigenvalue weighted by Crippen LogP contribution is -2.04. The molecular formula is C38H22N8O2S2. The number of benzene rings is 2. The Balaban J connectivity index is 1.54. The van der Waals surface area contributed by atoms with Crippen LogP contribution >= 0.6 is 22.9 Å². The third kappa shape index (κ3) is 4.46. The van der Waals surface area contributed by atoms with Crippen molar-refractivity contribution in [2.24, 2.45) is 0 Å². The van der Waals surface area contributed by atoms with Crippen LogP contribution in [0.3, 0.4) is 0 Å². The monoisotopic (exact) mass is 686 g/mol. The van der Waals surface area contributed by atoms with E-state index in [2.05, 4.69) is 27.3 Å². The fraction of sp³-hybridized carbons (Fsp3) is 0. The largest absolute Gasteiger partial charge is 0.444 e. The molecule has 0 spiro atoms. The van der Waals surface area contributed by atoms with Gasteiger partial charge in [-0.25, -0.2) is 19.9 Å². The molecule has 0 unspecified atom stereocenters. The third-order valence-corrected chi connectivity index (χ3v) is 10.0. The van der Waals surface area contributed by atoms with Crippen LogP contribution in [-0.2, 0) is 0 Å². The average molecular weight is 687 g/mol. The van der Waals surface area contributed by atoms with Gasteiger partial charge in [-0.05, 0) is 54.0 Å². The minimum absolute atomic E-state index is 0.417. The number of H-pyrrole nitrogens is 2. The Morgan fingerprint density at radius 2 is 1.50 bits per heavy atom. The molecule has 2 N–H and O–H groups in total. The zero-order chi connectivity index (χ0) is 33.0. The Morgan fingerprint density at radius 1 is 0.600 bits per heavy atom. The highest BCUT2D eigenvalue weighted by Gasteiger charge is 2.34. The van der Waals surface area contributed by atoms with E-state index in [9.17, 15) is 0 Å². The quantitative estimate of drug-likeness (QED) is 0.169. The zero-order valence-electron chi connectivity index (χ0n) is 25.9. The van der Waals surface area contributed by atoms with E-state index in [4.69, 9.17) is 33.2 Å². The molecule has 10 nitrogen and oxygen atoms in total. The number of pyridine rings is 2. The first-order valence-electron chi connectivity index (χ1n) is 15.7. The first-order valence-corrected chi connectivity index (χ1v) is 17.4. The Morgan fingerprint density at radius 3 is 2.24 bits per heavy atom. The lowest BCUT2D eigenvalue weighted by Gasteiger charge is -2.24. The molecule has 8 heterocycles. The Hall–Kier alpha value is -6.50. The van der Waals surface area contributed by atoms with Gasteiger partial charge in [0, 0.05) is 79.5 Å². The summed E-state index contributed by atoms with van der Waals surface area (Å²) in [6, 6.07) is 24.1. The fourth-order valence-corrected chi connectivity index (χ4v) is 7.91. The van der Waals surface area contributed by atoms with Crippen molar-refractivity contribution >= 4 is 44.5 Å². The van der Waals surface area contributed by atoms with E-state index in [1.54, 1.807) is 24.9 Å². The number of para-hydroxylation sites is 1. The van der Waals surface area contributed by atoms with Gasteiger partial charge < -0.3 is 18.9 Å². The highest BCUT2D eigenvalue weighted by Crippen LogP contribution is 2.55. The maximum atomic E-state index is 6.23. The molecule has 50 heavy (non-hydrogen) atoms. The molecule has 10 rings (SSSR count). The molecule has 0 aliphatic heterocycles. The van der Waals surface area contributed by atoms with E-state index >= 15 is 0 Å². The van der Waals surface area contributed by atoms with Crippen LogP contribution in [0.1, 0.15) is 0 Å². The van der Waals surface area contributed by atoms with Crippen LogP contribution in [0.2, 0.25) is 0 Å². The summed E-state index contributed by atoms with van der Waals surface area (Å²) in [5.41, 5.74) is 9.99. The summed E-state index contributed by atoms with van der Waals surface area (Å²) in [5, 5.41) is 11.9. The second-order valence-electron chi connectivity index (χ2n) is 11.4. The lowest BCUT2D eigenvalue weighted by atomic mass is 9.82. The second-order valence-corrected chi connectivity index (χ2v) is 13.0. The SMILES string of the molecule is c1c[nH]c(-c2nc(-c3ccc4ccccc4n3)c3c(-c4ccc[nH]4)c(-c4ccon4)c(-c4nccs4)c(-c4ncco4)c3c2-c2ccsn2)c1. The minimum Gasteiger partial charge on any atom is -0.444 e. The number of aromatic amines is 2. The molecule has 0 saturated heterocycles. The van der Waals surface area contributed by atoms with E-state index in [1.165, 1.54) is 22.9 Å². The highest BCUT2D eigenvalue weighted by molar-refractivity contribution is 7.13. The highest BCUT2D eigenvalue weighted by atomic mass is 32.1. The zero-order valence-corrected chi connectivity index (χ0v) is 27.5. The predicted molar refractivity (Wildman–Crippen MR) is 195 cm³/mol. The first kappa shape index (κ1) is 28.5. The summed E-state index contributed by atoms with van der Waals surface area (Å²) >= 11 is 2.90. The van der Waals surface area contributed by atoms with Gasteiger partial charge in [0.2, 0.25) is 5.89 Å². The van der Waals surface area contributed by atoms with Crippen molar-refractivity contribution in [1.82, 2.24) is 39.4 Å². The van der Waals surface area contributed by atoms with Gasteiger partial charge in [0.15, 0.2) is 0 Å². The number of oxazole rings is 1. The molecule has 238 valence electrons. The number of hydrogen-bond donors (Lipinski definition) is 2. The Labute approximate surface area is 291 Å². The van der Waals surface area contributed by atoms with Gasteiger partial charge in [-0.1, -0.05) is 29.4 Å². The number of rotatable bonds is 7. The topological polar surface area (TPSA) is 135 Å². The predicted octanol–water partition coefficient (Wildman–Crippen LogP) is 10.00. The van der Waals surface area contributed by atoms with Crippen molar-refractivity contribution in [3.63, 3.8) is 0 Å². The van der Waals surface area contributed by atoms with Crippen LogP contribution in [0.4, 0.5) is 0 Å². The molecule has 8 aromatic heterocycles. The van der Waals surface area contributed by atoms with Crippen molar-refractivity contribution in [1.29, 1.82) is 0 Å². The number of thiazole rings is 1. The molecule has 12 heteroatoms. The molecule has 0 atom stereocenters. The van der Waals surface area contributed by atoms with Crippen molar-refractivity contribution in [3.05, 3.63) is 121 Å². The Kier molecular flexibility index (Phi) is 6.60. The van der Waals surface area contributed by atoms with E-state index in [-0.39, 0.29) is 0 Å².